The number of carboxylic acid groups (broad SMARTS) is 2. The quantitative estimate of drug-likeness (QED) is 0.0638. The van der Waals surface area contributed by atoms with Gasteiger partial charge in [-0.25, -0.2) is 0 Å². The molecule has 1 aromatic rings. The van der Waals surface area contributed by atoms with Crippen LogP contribution in [0.25, 0.3) is 0 Å². The average Bonchev–Trinajstić information content (AvgIpc) is 3.33. The molecule has 0 aliphatic heterocycles. The van der Waals surface area contributed by atoms with Crippen molar-refractivity contribution in [3.8, 4) is 0 Å². The minimum Gasteiger partial charge on any atom is -0.481 e. The first-order valence-corrected chi connectivity index (χ1v) is 31.5. The van der Waals surface area contributed by atoms with Gasteiger partial charge in [0.2, 0.25) is 0 Å². The van der Waals surface area contributed by atoms with Gasteiger partial charge in [-0.15, -0.1) is 0 Å². The normalized spacial score (nSPS) is 12.0. The summed E-state index contributed by atoms with van der Waals surface area (Å²) in [5.41, 5.74) is 5.46. The Morgan fingerprint density at radius 2 is 0.551 bits per heavy atom. The van der Waals surface area contributed by atoms with Crippen LogP contribution in [0.4, 0.5) is 0 Å². The van der Waals surface area contributed by atoms with Crippen LogP contribution in [-0.4, -0.2) is 22.2 Å². The molecule has 0 aromatic heterocycles. The zero-order valence-corrected chi connectivity index (χ0v) is 46.9. The van der Waals surface area contributed by atoms with Crippen LogP contribution >= 0.6 is 0 Å². The summed E-state index contributed by atoms with van der Waals surface area (Å²) in [5.74, 6) is -2.90. The molecule has 0 spiro atoms. The third kappa shape index (κ3) is 42.4. The van der Waals surface area contributed by atoms with Crippen molar-refractivity contribution in [1.82, 2.24) is 0 Å². The molecule has 0 heterocycles. The maximum absolute atomic E-state index is 12.3. The van der Waals surface area contributed by atoms with Crippen molar-refractivity contribution in [2.24, 2.45) is 5.92 Å². The number of aryl methyl sites for hydroxylation is 2. The van der Waals surface area contributed by atoms with Crippen LogP contribution in [0, 0.1) is 5.92 Å². The molecule has 0 aliphatic carbocycles. The summed E-state index contributed by atoms with van der Waals surface area (Å²) in [6, 6.07) is 4.61. The van der Waals surface area contributed by atoms with E-state index in [2.05, 4.69) is 32.9 Å². The Morgan fingerprint density at radius 3 is 0.768 bits per heavy atom. The van der Waals surface area contributed by atoms with Crippen LogP contribution in [0.2, 0.25) is 0 Å². The number of carbonyl (C=O) groups is 2. The summed E-state index contributed by atoms with van der Waals surface area (Å²) < 4.78 is 0. The molecule has 0 amide bonds. The monoisotopic (exact) mass is 965 g/mol. The molecule has 0 fully saturated rings. The third-order valence-corrected chi connectivity index (χ3v) is 15.6. The van der Waals surface area contributed by atoms with Crippen molar-refractivity contribution in [3.63, 3.8) is 0 Å². The number of rotatable bonds is 56. The van der Waals surface area contributed by atoms with Crippen molar-refractivity contribution in [1.29, 1.82) is 0 Å². The Hall–Kier alpha value is -1.84. The second kappa shape index (κ2) is 51.1. The molecule has 0 saturated heterocycles. The van der Waals surface area contributed by atoms with E-state index in [9.17, 15) is 19.8 Å². The lowest BCUT2D eigenvalue weighted by Gasteiger charge is -2.20. The maximum Gasteiger partial charge on any atom is 0.307 e. The van der Waals surface area contributed by atoms with Crippen LogP contribution < -0.4 is 0 Å². The van der Waals surface area contributed by atoms with Gasteiger partial charge in [-0.05, 0) is 67.2 Å². The molecule has 0 bridgehead atoms. The van der Waals surface area contributed by atoms with Gasteiger partial charge >= 0.3 is 11.9 Å². The van der Waals surface area contributed by atoms with Gasteiger partial charge in [0.25, 0.3) is 0 Å². The lowest BCUT2D eigenvalue weighted by atomic mass is 9.85. The van der Waals surface area contributed by atoms with E-state index < -0.39 is 17.9 Å². The Bertz CT molecular complexity index is 1200. The molecular weight excluding hydrogens is 845 g/mol. The SMILES string of the molecule is CCCCCCCCCCCCCCCCCCc1cc(CC(CC(=O)O)C(=O)O)cc(CCCCCCCCCCCCCCCCCC)c1CCCCCCCCCCCCCCCCCC. The fourth-order valence-corrected chi connectivity index (χ4v) is 11.1. The summed E-state index contributed by atoms with van der Waals surface area (Å²) in [6.07, 6.45) is 69.2. The molecular formula is C65H120O4. The van der Waals surface area contributed by atoms with E-state index >= 15 is 0 Å². The number of carboxylic acids is 2. The minimum atomic E-state index is -1.02. The summed E-state index contributed by atoms with van der Waals surface area (Å²) in [5, 5.41) is 19.6. The van der Waals surface area contributed by atoms with Gasteiger partial charge in [0.05, 0.1) is 12.3 Å². The van der Waals surface area contributed by atoms with E-state index in [0.29, 0.717) is 6.42 Å². The van der Waals surface area contributed by atoms with Gasteiger partial charge in [-0.3, -0.25) is 9.59 Å². The molecule has 0 saturated carbocycles. The molecule has 1 rings (SSSR count). The van der Waals surface area contributed by atoms with E-state index in [4.69, 9.17) is 0 Å². The largest absolute Gasteiger partial charge is 0.481 e. The van der Waals surface area contributed by atoms with Crippen molar-refractivity contribution in [2.45, 2.75) is 361 Å². The van der Waals surface area contributed by atoms with Crippen molar-refractivity contribution >= 4 is 11.9 Å². The van der Waals surface area contributed by atoms with E-state index in [1.165, 1.54) is 319 Å². The summed E-state index contributed by atoms with van der Waals surface area (Å²) in [7, 11) is 0. The zero-order valence-electron chi connectivity index (χ0n) is 46.9. The second-order valence-corrected chi connectivity index (χ2v) is 22.4. The molecule has 4 nitrogen and oxygen atoms in total. The Labute approximate surface area is 431 Å². The average molecular weight is 966 g/mol. The first kappa shape index (κ1) is 65.2. The minimum absolute atomic E-state index is 0.304. The van der Waals surface area contributed by atoms with Gasteiger partial charge in [-0.1, -0.05) is 322 Å². The van der Waals surface area contributed by atoms with E-state index in [0.717, 1.165) is 24.8 Å². The molecule has 2 N–H and O–H groups in total. The number of aliphatic carboxylic acids is 2. The lowest BCUT2D eigenvalue weighted by Crippen LogP contribution is -2.20. The Kier molecular flexibility index (Phi) is 48.2. The first-order chi connectivity index (χ1) is 33.9. The highest BCUT2D eigenvalue weighted by Gasteiger charge is 2.23. The summed E-state index contributed by atoms with van der Waals surface area (Å²) >= 11 is 0. The first-order valence-electron chi connectivity index (χ1n) is 31.5. The highest BCUT2D eigenvalue weighted by Crippen LogP contribution is 2.28. The van der Waals surface area contributed by atoms with E-state index in [-0.39, 0.29) is 6.42 Å². The highest BCUT2D eigenvalue weighted by molar-refractivity contribution is 5.78. The smallest absolute Gasteiger partial charge is 0.307 e. The van der Waals surface area contributed by atoms with E-state index in [1.807, 2.05) is 0 Å². The molecule has 0 radical (unpaired) electrons. The van der Waals surface area contributed by atoms with Gasteiger partial charge in [0.1, 0.15) is 0 Å². The lowest BCUT2D eigenvalue weighted by molar-refractivity contribution is -0.148. The molecule has 1 aromatic carbocycles. The second-order valence-electron chi connectivity index (χ2n) is 22.4. The van der Waals surface area contributed by atoms with Gasteiger partial charge < -0.3 is 10.2 Å². The number of hydrogen-bond acceptors (Lipinski definition) is 2. The molecule has 404 valence electrons. The third-order valence-electron chi connectivity index (χ3n) is 15.6. The van der Waals surface area contributed by atoms with Crippen LogP contribution in [0.1, 0.15) is 358 Å². The predicted octanol–water partition coefficient (Wildman–Crippen LogP) is 21.8. The molecule has 1 unspecified atom stereocenters. The maximum atomic E-state index is 12.3. The fourth-order valence-electron chi connectivity index (χ4n) is 11.1. The standard InChI is InChI=1S/C65H120O4/c1-4-7-10-13-16-19-22-25-28-31-34-37-40-43-46-49-52-60-55-59(57-62(65(68)69)58-64(66)67)56-61(53-50-47-44-41-38-35-32-29-26-23-20-17-14-11-8-5-2)63(60)54-51-48-45-42-39-36-33-30-27-24-21-18-15-12-9-6-3/h55-56,62H,4-54,57-58H2,1-3H3,(H,66,67)(H,68,69). The number of benzene rings is 1. The van der Waals surface area contributed by atoms with Crippen LogP contribution in [-0.2, 0) is 35.3 Å². The fraction of sp³-hybridized carbons (Fsp3) is 0.877. The van der Waals surface area contributed by atoms with Crippen molar-refractivity contribution in [3.05, 3.63) is 34.4 Å². The van der Waals surface area contributed by atoms with E-state index in [1.54, 1.807) is 5.56 Å². The Balaban J connectivity index is 2.75. The van der Waals surface area contributed by atoms with Crippen molar-refractivity contribution in [2.75, 3.05) is 0 Å². The predicted molar refractivity (Wildman–Crippen MR) is 303 cm³/mol. The Morgan fingerprint density at radius 1 is 0.333 bits per heavy atom. The van der Waals surface area contributed by atoms with Gasteiger partial charge in [0, 0.05) is 0 Å². The topological polar surface area (TPSA) is 74.6 Å². The molecule has 4 heteroatoms. The molecule has 1 atom stereocenters. The summed E-state index contributed by atoms with van der Waals surface area (Å²) in [4.78, 5) is 24.0. The van der Waals surface area contributed by atoms with Crippen molar-refractivity contribution < 1.29 is 19.8 Å². The van der Waals surface area contributed by atoms with Crippen LogP contribution in [0.3, 0.4) is 0 Å². The number of unbranched alkanes of at least 4 members (excludes halogenated alkanes) is 45. The van der Waals surface area contributed by atoms with Crippen LogP contribution in [0.15, 0.2) is 12.1 Å². The highest BCUT2D eigenvalue weighted by atomic mass is 16.4. The zero-order chi connectivity index (χ0) is 49.9. The van der Waals surface area contributed by atoms with Gasteiger partial charge in [-0.2, -0.15) is 0 Å². The number of hydrogen-bond donors (Lipinski definition) is 2. The molecule has 0 aliphatic rings. The summed E-state index contributed by atoms with van der Waals surface area (Å²) in [6.45, 7) is 6.89. The van der Waals surface area contributed by atoms with Crippen LogP contribution in [0.5, 0.6) is 0 Å². The van der Waals surface area contributed by atoms with Gasteiger partial charge in [0.15, 0.2) is 0 Å². The molecule has 69 heavy (non-hydrogen) atoms.